The number of hydrogen-bond donors (Lipinski definition) is 2. The van der Waals surface area contributed by atoms with Crippen LogP contribution in [0.4, 0.5) is 5.69 Å². The van der Waals surface area contributed by atoms with Crippen molar-refractivity contribution in [1.29, 1.82) is 0 Å². The molecule has 0 saturated carbocycles. The van der Waals surface area contributed by atoms with Gasteiger partial charge in [0.15, 0.2) is 0 Å². The lowest BCUT2D eigenvalue weighted by Gasteiger charge is -2.10. The van der Waals surface area contributed by atoms with Crippen LogP contribution in [0.25, 0.3) is 11.5 Å². The van der Waals surface area contributed by atoms with Crippen molar-refractivity contribution < 1.29 is 17.6 Å². The van der Waals surface area contributed by atoms with Crippen molar-refractivity contribution >= 4 is 21.6 Å². The quantitative estimate of drug-likeness (QED) is 0.684. The van der Waals surface area contributed by atoms with Crippen LogP contribution < -0.4 is 10.0 Å². The molecule has 0 saturated heterocycles. The van der Waals surface area contributed by atoms with E-state index in [1.165, 1.54) is 19.2 Å². The van der Waals surface area contributed by atoms with Gasteiger partial charge in [-0.1, -0.05) is 12.1 Å². The SMILES string of the molecule is CNS(=O)(=O)c1ccc(C)c(C(=O)Nc2cccc(-c3nc(C)c(C)o3)c2)c1. The smallest absolute Gasteiger partial charge is 0.255 e. The lowest BCUT2D eigenvalue weighted by atomic mass is 10.1. The van der Waals surface area contributed by atoms with Crippen LogP contribution in [0, 0.1) is 20.8 Å². The number of carbonyl (C=O) groups is 1. The van der Waals surface area contributed by atoms with Crippen LogP contribution in [-0.4, -0.2) is 26.4 Å². The van der Waals surface area contributed by atoms with Crippen molar-refractivity contribution in [1.82, 2.24) is 9.71 Å². The van der Waals surface area contributed by atoms with E-state index in [0.717, 1.165) is 17.0 Å². The van der Waals surface area contributed by atoms with Crippen molar-refractivity contribution in [3.8, 4) is 11.5 Å². The first kappa shape index (κ1) is 19.8. The van der Waals surface area contributed by atoms with Crippen molar-refractivity contribution in [2.45, 2.75) is 25.7 Å². The number of aromatic nitrogens is 1. The maximum atomic E-state index is 12.7. The van der Waals surface area contributed by atoms with E-state index in [1.807, 2.05) is 19.9 Å². The Morgan fingerprint density at radius 2 is 1.82 bits per heavy atom. The molecule has 0 radical (unpaired) electrons. The second-order valence-electron chi connectivity index (χ2n) is 6.38. The summed E-state index contributed by atoms with van der Waals surface area (Å²) in [6, 6.07) is 11.6. The highest BCUT2D eigenvalue weighted by molar-refractivity contribution is 7.89. The molecule has 0 aliphatic rings. The topological polar surface area (TPSA) is 101 Å². The molecule has 1 amide bonds. The number of anilines is 1. The van der Waals surface area contributed by atoms with Crippen molar-refractivity contribution in [3.63, 3.8) is 0 Å². The van der Waals surface area contributed by atoms with Crippen LogP contribution in [0.3, 0.4) is 0 Å². The Balaban J connectivity index is 1.90. The maximum absolute atomic E-state index is 12.7. The second-order valence-corrected chi connectivity index (χ2v) is 8.27. The number of carbonyl (C=O) groups excluding carboxylic acids is 1. The first-order valence-electron chi connectivity index (χ1n) is 8.61. The van der Waals surface area contributed by atoms with Crippen molar-refractivity contribution in [2.75, 3.05) is 12.4 Å². The highest BCUT2D eigenvalue weighted by Crippen LogP contribution is 2.25. The molecule has 3 rings (SSSR count). The third-order valence-electron chi connectivity index (χ3n) is 4.43. The van der Waals surface area contributed by atoms with Gasteiger partial charge in [-0.05, 0) is 63.7 Å². The lowest BCUT2D eigenvalue weighted by molar-refractivity contribution is 0.102. The number of benzene rings is 2. The minimum absolute atomic E-state index is 0.0326. The number of nitrogens with one attached hydrogen (secondary N) is 2. The molecule has 1 aromatic heterocycles. The fourth-order valence-corrected chi connectivity index (χ4v) is 3.41. The molecule has 0 aliphatic carbocycles. The van der Waals surface area contributed by atoms with Gasteiger partial charge in [-0.25, -0.2) is 18.1 Å². The zero-order valence-electron chi connectivity index (χ0n) is 16.0. The first-order valence-corrected chi connectivity index (χ1v) is 10.1. The van der Waals surface area contributed by atoms with Crippen LogP contribution in [-0.2, 0) is 10.0 Å². The van der Waals surface area contributed by atoms with E-state index < -0.39 is 15.9 Å². The van der Waals surface area contributed by atoms with E-state index in [4.69, 9.17) is 4.42 Å². The van der Waals surface area contributed by atoms with Crippen LogP contribution in [0.15, 0.2) is 51.8 Å². The molecule has 2 N–H and O–H groups in total. The van der Waals surface area contributed by atoms with Crippen LogP contribution in [0.5, 0.6) is 0 Å². The third kappa shape index (κ3) is 3.97. The molecule has 3 aromatic rings. The summed E-state index contributed by atoms with van der Waals surface area (Å²) in [6.07, 6.45) is 0. The van der Waals surface area contributed by atoms with Crippen molar-refractivity contribution in [3.05, 3.63) is 65.0 Å². The highest BCUT2D eigenvalue weighted by Gasteiger charge is 2.17. The molecule has 1 heterocycles. The van der Waals surface area contributed by atoms with Gasteiger partial charge in [0.2, 0.25) is 15.9 Å². The fraction of sp³-hybridized carbons (Fsp3) is 0.200. The van der Waals surface area contributed by atoms with Gasteiger partial charge in [0.05, 0.1) is 10.6 Å². The van der Waals surface area contributed by atoms with E-state index in [9.17, 15) is 13.2 Å². The van der Waals surface area contributed by atoms with Gasteiger partial charge in [0.25, 0.3) is 5.91 Å². The van der Waals surface area contributed by atoms with Crippen LogP contribution in [0.1, 0.15) is 27.4 Å². The molecule has 2 aromatic carbocycles. The van der Waals surface area contributed by atoms with Gasteiger partial charge in [0, 0.05) is 16.8 Å². The van der Waals surface area contributed by atoms with E-state index in [-0.39, 0.29) is 10.5 Å². The minimum Gasteiger partial charge on any atom is -0.441 e. The standard InChI is InChI=1S/C20H21N3O4S/c1-12-8-9-17(28(25,26)21-4)11-18(12)19(24)23-16-7-5-6-15(10-16)20-22-13(2)14(3)27-20/h5-11,21H,1-4H3,(H,23,24). The third-order valence-corrected chi connectivity index (χ3v) is 5.84. The van der Waals surface area contributed by atoms with E-state index in [2.05, 4.69) is 15.0 Å². The number of rotatable bonds is 5. The molecule has 0 spiro atoms. The molecular weight excluding hydrogens is 378 g/mol. The Kier molecular flexibility index (Phi) is 5.35. The highest BCUT2D eigenvalue weighted by atomic mass is 32.2. The average molecular weight is 399 g/mol. The molecule has 146 valence electrons. The summed E-state index contributed by atoms with van der Waals surface area (Å²) in [5.41, 5.74) is 3.05. The zero-order chi connectivity index (χ0) is 20.5. The Labute approximate surface area is 163 Å². The fourth-order valence-electron chi connectivity index (χ4n) is 2.66. The van der Waals surface area contributed by atoms with Crippen LogP contribution >= 0.6 is 0 Å². The van der Waals surface area contributed by atoms with Crippen molar-refractivity contribution in [2.24, 2.45) is 0 Å². The summed E-state index contributed by atoms with van der Waals surface area (Å²) in [5.74, 6) is 0.814. The summed E-state index contributed by atoms with van der Waals surface area (Å²) in [5, 5.41) is 2.80. The van der Waals surface area contributed by atoms with Gasteiger partial charge in [0.1, 0.15) is 5.76 Å². The summed E-state index contributed by atoms with van der Waals surface area (Å²) in [7, 11) is -2.31. The van der Waals surface area contributed by atoms with E-state index >= 15 is 0 Å². The van der Waals surface area contributed by atoms with Crippen LogP contribution in [0.2, 0.25) is 0 Å². The maximum Gasteiger partial charge on any atom is 0.255 e. The second kappa shape index (κ2) is 7.57. The molecule has 0 bridgehead atoms. The summed E-state index contributed by atoms with van der Waals surface area (Å²) >= 11 is 0. The number of aryl methyl sites for hydroxylation is 3. The van der Waals surface area contributed by atoms with Gasteiger partial charge in [-0.15, -0.1) is 0 Å². The number of hydrogen-bond acceptors (Lipinski definition) is 5. The molecule has 0 atom stereocenters. The zero-order valence-corrected chi connectivity index (χ0v) is 16.8. The largest absolute Gasteiger partial charge is 0.441 e. The number of nitrogens with zero attached hydrogens (tertiary/aromatic N) is 1. The summed E-state index contributed by atoms with van der Waals surface area (Å²) in [4.78, 5) is 17.1. The summed E-state index contributed by atoms with van der Waals surface area (Å²) in [6.45, 7) is 5.45. The van der Waals surface area contributed by atoms with Gasteiger partial charge in [-0.3, -0.25) is 4.79 Å². The normalized spacial score (nSPS) is 11.4. The number of sulfonamides is 1. The van der Waals surface area contributed by atoms with E-state index in [0.29, 0.717) is 17.1 Å². The predicted octanol–water partition coefficient (Wildman–Crippen LogP) is 3.43. The molecular formula is C20H21N3O4S. The Morgan fingerprint density at radius 3 is 2.46 bits per heavy atom. The van der Waals surface area contributed by atoms with Gasteiger partial charge >= 0.3 is 0 Å². The minimum atomic E-state index is -3.64. The van der Waals surface area contributed by atoms with Gasteiger partial charge < -0.3 is 9.73 Å². The van der Waals surface area contributed by atoms with E-state index in [1.54, 1.807) is 31.2 Å². The Morgan fingerprint density at radius 1 is 1.07 bits per heavy atom. The molecule has 28 heavy (non-hydrogen) atoms. The first-order chi connectivity index (χ1) is 13.2. The number of oxazole rings is 1. The predicted molar refractivity (Wildman–Crippen MR) is 107 cm³/mol. The monoisotopic (exact) mass is 399 g/mol. The summed E-state index contributed by atoms with van der Waals surface area (Å²) < 4.78 is 31.9. The lowest BCUT2D eigenvalue weighted by Crippen LogP contribution is -2.20. The molecule has 0 unspecified atom stereocenters. The van der Waals surface area contributed by atoms with Gasteiger partial charge in [-0.2, -0.15) is 0 Å². The molecule has 8 heteroatoms. The Bertz CT molecular complexity index is 1130. The molecule has 0 fully saturated rings. The number of amides is 1. The Hall–Kier alpha value is -2.97. The molecule has 0 aliphatic heterocycles. The molecule has 7 nitrogen and oxygen atoms in total. The average Bonchev–Trinajstić information content (AvgIpc) is 3.01.